The number of carbonyl (C=O) groups is 1. The number of rotatable bonds is 3. The molecule has 0 heterocycles. The number of likely N-dealkylation sites (N-methyl/N-ethyl adjacent to an activating group) is 1. The Hall–Kier alpha value is -0.570. The molecule has 0 aromatic rings. The van der Waals surface area contributed by atoms with Crippen LogP contribution >= 0.6 is 0 Å². The quantitative estimate of drug-likeness (QED) is 0.803. The SMILES string of the molecule is CN(C(=O)C1(C)CCCCC1)C(C)(C)CO. The third kappa shape index (κ3) is 2.57. The molecule has 0 unspecified atom stereocenters. The number of aliphatic hydroxyl groups is 1. The van der Waals surface area contributed by atoms with Crippen LogP contribution in [0, 0.1) is 5.41 Å². The van der Waals surface area contributed by atoms with Crippen molar-refractivity contribution in [2.45, 2.75) is 58.4 Å². The average molecular weight is 227 g/mol. The molecule has 1 aliphatic carbocycles. The number of hydrogen-bond donors (Lipinski definition) is 1. The van der Waals surface area contributed by atoms with Gasteiger partial charge in [-0.15, -0.1) is 0 Å². The standard InChI is InChI=1S/C13H25NO2/c1-12(2,10-15)14(4)11(16)13(3)8-6-5-7-9-13/h15H,5-10H2,1-4H3. The zero-order valence-electron chi connectivity index (χ0n) is 11.0. The highest BCUT2D eigenvalue weighted by Crippen LogP contribution is 2.38. The summed E-state index contributed by atoms with van der Waals surface area (Å²) in [7, 11) is 1.80. The molecule has 1 N–H and O–H groups in total. The highest BCUT2D eigenvalue weighted by Gasteiger charge is 2.40. The Labute approximate surface area is 98.8 Å². The first-order valence-electron chi connectivity index (χ1n) is 6.23. The number of aliphatic hydroxyl groups excluding tert-OH is 1. The van der Waals surface area contributed by atoms with E-state index < -0.39 is 5.54 Å². The van der Waals surface area contributed by atoms with E-state index in [1.807, 2.05) is 13.8 Å². The van der Waals surface area contributed by atoms with Gasteiger partial charge in [-0.25, -0.2) is 0 Å². The van der Waals surface area contributed by atoms with Crippen LogP contribution in [-0.4, -0.2) is 35.1 Å². The minimum Gasteiger partial charge on any atom is -0.394 e. The Bertz CT molecular complexity index is 255. The van der Waals surface area contributed by atoms with E-state index in [4.69, 9.17) is 0 Å². The molecule has 0 saturated heterocycles. The number of nitrogens with zero attached hydrogens (tertiary/aromatic N) is 1. The van der Waals surface area contributed by atoms with Crippen LogP contribution < -0.4 is 0 Å². The Morgan fingerprint density at radius 3 is 2.25 bits per heavy atom. The number of hydrogen-bond acceptors (Lipinski definition) is 2. The van der Waals surface area contributed by atoms with Gasteiger partial charge in [-0.2, -0.15) is 0 Å². The van der Waals surface area contributed by atoms with Crippen LogP contribution in [0.2, 0.25) is 0 Å². The van der Waals surface area contributed by atoms with Crippen molar-refractivity contribution in [1.29, 1.82) is 0 Å². The van der Waals surface area contributed by atoms with Gasteiger partial charge in [0.1, 0.15) is 0 Å². The summed E-state index contributed by atoms with van der Waals surface area (Å²) in [4.78, 5) is 14.2. The summed E-state index contributed by atoms with van der Waals surface area (Å²) in [6, 6.07) is 0. The van der Waals surface area contributed by atoms with Gasteiger partial charge in [0.05, 0.1) is 12.1 Å². The molecule has 0 aromatic heterocycles. The lowest BCUT2D eigenvalue weighted by atomic mass is 9.74. The molecule has 0 spiro atoms. The summed E-state index contributed by atoms with van der Waals surface area (Å²) in [6.07, 6.45) is 5.51. The molecule has 1 fully saturated rings. The molecule has 1 aliphatic rings. The van der Waals surface area contributed by atoms with Gasteiger partial charge in [-0.05, 0) is 26.7 Å². The molecule has 1 saturated carbocycles. The van der Waals surface area contributed by atoms with Crippen molar-refractivity contribution in [1.82, 2.24) is 4.90 Å². The van der Waals surface area contributed by atoms with Gasteiger partial charge in [0.25, 0.3) is 0 Å². The maximum atomic E-state index is 12.4. The largest absolute Gasteiger partial charge is 0.394 e. The maximum absolute atomic E-state index is 12.4. The van der Waals surface area contributed by atoms with E-state index in [0.717, 1.165) is 25.7 Å². The molecule has 1 amide bonds. The predicted molar refractivity (Wildman–Crippen MR) is 65.1 cm³/mol. The third-order valence-electron chi connectivity index (χ3n) is 4.07. The summed E-state index contributed by atoms with van der Waals surface area (Å²) >= 11 is 0. The highest BCUT2D eigenvalue weighted by molar-refractivity contribution is 5.82. The molecule has 0 bridgehead atoms. The van der Waals surface area contributed by atoms with Gasteiger partial charge in [0, 0.05) is 12.5 Å². The molecule has 1 rings (SSSR count). The van der Waals surface area contributed by atoms with Crippen molar-refractivity contribution in [3.63, 3.8) is 0 Å². The third-order valence-corrected chi connectivity index (χ3v) is 4.07. The second-order valence-corrected chi connectivity index (χ2v) is 5.96. The van der Waals surface area contributed by atoms with Crippen LogP contribution in [0.4, 0.5) is 0 Å². The van der Waals surface area contributed by atoms with E-state index in [0.29, 0.717) is 0 Å². The van der Waals surface area contributed by atoms with Crippen LogP contribution in [0.3, 0.4) is 0 Å². The Morgan fingerprint density at radius 2 is 1.81 bits per heavy atom. The summed E-state index contributed by atoms with van der Waals surface area (Å²) < 4.78 is 0. The maximum Gasteiger partial charge on any atom is 0.228 e. The Balaban J connectivity index is 2.76. The van der Waals surface area contributed by atoms with E-state index >= 15 is 0 Å². The normalized spacial score (nSPS) is 20.6. The monoisotopic (exact) mass is 227 g/mol. The molecular weight excluding hydrogens is 202 g/mol. The van der Waals surface area contributed by atoms with E-state index in [-0.39, 0.29) is 17.9 Å². The molecule has 16 heavy (non-hydrogen) atoms. The summed E-state index contributed by atoms with van der Waals surface area (Å²) in [6.45, 7) is 5.87. The lowest BCUT2D eigenvalue weighted by molar-refractivity contribution is -0.148. The van der Waals surface area contributed by atoms with Gasteiger partial charge in [0.15, 0.2) is 0 Å². The van der Waals surface area contributed by atoms with Gasteiger partial charge >= 0.3 is 0 Å². The van der Waals surface area contributed by atoms with E-state index in [9.17, 15) is 9.90 Å². The van der Waals surface area contributed by atoms with Crippen molar-refractivity contribution in [2.75, 3.05) is 13.7 Å². The average Bonchev–Trinajstić information content (AvgIpc) is 2.28. The first kappa shape index (κ1) is 13.5. The zero-order chi connectivity index (χ0) is 12.4. The van der Waals surface area contributed by atoms with Crippen LogP contribution in [0.15, 0.2) is 0 Å². The fourth-order valence-corrected chi connectivity index (χ4v) is 2.33. The minimum atomic E-state index is -0.461. The Kier molecular flexibility index (Phi) is 4.00. The summed E-state index contributed by atoms with van der Waals surface area (Å²) in [5.41, 5.74) is -0.670. The molecular formula is C13H25NO2. The Morgan fingerprint density at radius 1 is 1.31 bits per heavy atom. The molecule has 3 heteroatoms. The minimum absolute atomic E-state index is 0.00528. The molecule has 94 valence electrons. The summed E-state index contributed by atoms with van der Waals surface area (Å²) in [5, 5.41) is 9.30. The van der Waals surface area contributed by atoms with Crippen molar-refractivity contribution in [3.8, 4) is 0 Å². The first-order chi connectivity index (χ1) is 7.33. The molecule has 0 aliphatic heterocycles. The van der Waals surface area contributed by atoms with Crippen LogP contribution in [-0.2, 0) is 4.79 Å². The molecule has 0 aromatic carbocycles. The lowest BCUT2D eigenvalue weighted by Gasteiger charge is -2.42. The van der Waals surface area contributed by atoms with Crippen molar-refractivity contribution in [2.24, 2.45) is 5.41 Å². The van der Waals surface area contributed by atoms with Gasteiger partial charge < -0.3 is 10.0 Å². The van der Waals surface area contributed by atoms with Crippen LogP contribution in [0.25, 0.3) is 0 Å². The highest BCUT2D eigenvalue weighted by atomic mass is 16.3. The molecule has 0 atom stereocenters. The predicted octanol–water partition coefficient (Wildman–Crippen LogP) is 2.19. The smallest absolute Gasteiger partial charge is 0.228 e. The van der Waals surface area contributed by atoms with Crippen molar-refractivity contribution < 1.29 is 9.90 Å². The van der Waals surface area contributed by atoms with E-state index in [1.54, 1.807) is 11.9 Å². The number of amides is 1. The fourth-order valence-electron chi connectivity index (χ4n) is 2.33. The van der Waals surface area contributed by atoms with Gasteiger partial charge in [-0.3, -0.25) is 4.79 Å². The van der Waals surface area contributed by atoms with Crippen LogP contribution in [0.1, 0.15) is 52.9 Å². The lowest BCUT2D eigenvalue weighted by Crippen LogP contribution is -2.53. The van der Waals surface area contributed by atoms with Gasteiger partial charge in [0.2, 0.25) is 5.91 Å². The molecule has 3 nitrogen and oxygen atoms in total. The number of carbonyl (C=O) groups excluding carboxylic acids is 1. The van der Waals surface area contributed by atoms with Crippen molar-refractivity contribution in [3.05, 3.63) is 0 Å². The fraction of sp³-hybridized carbons (Fsp3) is 0.923. The zero-order valence-corrected chi connectivity index (χ0v) is 11.0. The van der Waals surface area contributed by atoms with E-state index in [2.05, 4.69) is 6.92 Å². The topological polar surface area (TPSA) is 40.5 Å². The second kappa shape index (κ2) is 4.74. The van der Waals surface area contributed by atoms with Crippen LogP contribution in [0.5, 0.6) is 0 Å². The first-order valence-corrected chi connectivity index (χ1v) is 6.23. The summed E-state index contributed by atoms with van der Waals surface area (Å²) in [5.74, 6) is 0.186. The van der Waals surface area contributed by atoms with E-state index in [1.165, 1.54) is 6.42 Å². The van der Waals surface area contributed by atoms with Gasteiger partial charge in [-0.1, -0.05) is 26.2 Å². The molecule has 0 radical (unpaired) electrons. The van der Waals surface area contributed by atoms with Crippen molar-refractivity contribution >= 4 is 5.91 Å². The second-order valence-electron chi connectivity index (χ2n) is 5.96.